The zero-order chi connectivity index (χ0) is 11.5. The zero-order valence-electron chi connectivity index (χ0n) is 9.19. The van der Waals surface area contributed by atoms with Gasteiger partial charge in [0.05, 0.1) is 11.3 Å². The monoisotopic (exact) mass is 218 g/mol. The van der Waals surface area contributed by atoms with Gasteiger partial charge >= 0.3 is 0 Å². The van der Waals surface area contributed by atoms with Crippen LogP contribution in [0.25, 0.3) is 0 Å². The van der Waals surface area contributed by atoms with Crippen LogP contribution in [0.3, 0.4) is 0 Å². The van der Waals surface area contributed by atoms with E-state index in [-0.39, 0.29) is 11.8 Å². The molecule has 16 heavy (non-hydrogen) atoms. The minimum atomic E-state index is -0.157. The van der Waals surface area contributed by atoms with E-state index in [0.29, 0.717) is 24.2 Å². The molecule has 1 aromatic carbocycles. The number of amides is 2. The molecule has 1 saturated heterocycles. The van der Waals surface area contributed by atoms with Gasteiger partial charge in [-0.2, -0.15) is 0 Å². The summed E-state index contributed by atoms with van der Waals surface area (Å²) in [6, 6.07) is 7.19. The number of para-hydroxylation sites is 1. The van der Waals surface area contributed by atoms with Gasteiger partial charge in [-0.25, -0.2) is 0 Å². The molecule has 2 rings (SSSR count). The maximum atomic E-state index is 11.6. The van der Waals surface area contributed by atoms with Crippen molar-refractivity contribution in [2.45, 2.75) is 12.8 Å². The number of carbonyl (C=O) groups is 2. The van der Waals surface area contributed by atoms with Gasteiger partial charge in [-0.15, -0.1) is 0 Å². The Bertz CT molecular complexity index is 429. The van der Waals surface area contributed by atoms with Gasteiger partial charge < -0.3 is 10.2 Å². The van der Waals surface area contributed by atoms with E-state index in [0.717, 1.165) is 6.42 Å². The van der Waals surface area contributed by atoms with Gasteiger partial charge in [0.25, 0.3) is 5.91 Å². The minimum absolute atomic E-state index is 0.0938. The predicted octanol–water partition coefficient (Wildman–Crippen LogP) is 1.17. The summed E-state index contributed by atoms with van der Waals surface area (Å²) in [6.07, 6.45) is 1.43. The predicted molar refractivity (Wildman–Crippen MR) is 61.4 cm³/mol. The van der Waals surface area contributed by atoms with Crippen LogP contribution < -0.4 is 10.2 Å². The molecule has 0 atom stereocenters. The van der Waals surface area contributed by atoms with E-state index in [1.165, 1.54) is 0 Å². The number of benzene rings is 1. The summed E-state index contributed by atoms with van der Waals surface area (Å²) in [5.74, 6) is -0.0633. The van der Waals surface area contributed by atoms with Crippen LogP contribution in [0.15, 0.2) is 24.3 Å². The van der Waals surface area contributed by atoms with Crippen molar-refractivity contribution in [2.75, 3.05) is 18.5 Å². The number of carbonyl (C=O) groups excluding carboxylic acids is 2. The van der Waals surface area contributed by atoms with Crippen LogP contribution in [0.2, 0.25) is 0 Å². The quantitative estimate of drug-likeness (QED) is 0.810. The smallest absolute Gasteiger partial charge is 0.253 e. The fourth-order valence-electron chi connectivity index (χ4n) is 1.94. The van der Waals surface area contributed by atoms with Crippen molar-refractivity contribution in [1.82, 2.24) is 5.32 Å². The van der Waals surface area contributed by atoms with Crippen LogP contribution >= 0.6 is 0 Å². The second kappa shape index (κ2) is 4.35. The normalized spacial score (nSPS) is 15.3. The third-order valence-corrected chi connectivity index (χ3v) is 2.74. The standard InChI is InChI=1S/C12H14N2O2/c1-13-12(16)9-5-2-3-6-10(9)14-8-4-7-11(14)15/h2-3,5-6H,4,7-8H2,1H3,(H,13,16). The van der Waals surface area contributed by atoms with E-state index >= 15 is 0 Å². The SMILES string of the molecule is CNC(=O)c1ccccc1N1CCCC1=O. The Labute approximate surface area is 94.2 Å². The molecular weight excluding hydrogens is 204 g/mol. The van der Waals surface area contributed by atoms with Crippen LogP contribution in [0.4, 0.5) is 5.69 Å². The lowest BCUT2D eigenvalue weighted by molar-refractivity contribution is -0.117. The lowest BCUT2D eigenvalue weighted by Crippen LogP contribution is -2.28. The highest BCUT2D eigenvalue weighted by molar-refractivity contribution is 6.05. The molecule has 1 fully saturated rings. The van der Waals surface area contributed by atoms with Crippen LogP contribution in [-0.2, 0) is 4.79 Å². The molecule has 0 radical (unpaired) electrons. The van der Waals surface area contributed by atoms with Crippen molar-refractivity contribution < 1.29 is 9.59 Å². The van der Waals surface area contributed by atoms with Crippen molar-refractivity contribution in [3.05, 3.63) is 29.8 Å². The van der Waals surface area contributed by atoms with E-state index in [2.05, 4.69) is 5.32 Å². The van der Waals surface area contributed by atoms with Gasteiger partial charge in [-0.05, 0) is 18.6 Å². The number of nitrogens with zero attached hydrogens (tertiary/aromatic N) is 1. The van der Waals surface area contributed by atoms with Crippen molar-refractivity contribution >= 4 is 17.5 Å². The average Bonchev–Trinajstić information content (AvgIpc) is 2.74. The first-order chi connectivity index (χ1) is 7.74. The fourth-order valence-corrected chi connectivity index (χ4v) is 1.94. The Balaban J connectivity index is 2.40. The molecule has 1 aromatic rings. The topological polar surface area (TPSA) is 49.4 Å². The fraction of sp³-hybridized carbons (Fsp3) is 0.333. The van der Waals surface area contributed by atoms with Crippen molar-refractivity contribution in [3.8, 4) is 0 Å². The summed E-state index contributed by atoms with van der Waals surface area (Å²) >= 11 is 0. The third-order valence-electron chi connectivity index (χ3n) is 2.74. The van der Waals surface area contributed by atoms with Gasteiger partial charge in [0.1, 0.15) is 0 Å². The zero-order valence-corrected chi connectivity index (χ0v) is 9.19. The minimum Gasteiger partial charge on any atom is -0.355 e. The lowest BCUT2D eigenvalue weighted by Gasteiger charge is -2.18. The summed E-state index contributed by atoms with van der Waals surface area (Å²) in [5, 5.41) is 2.58. The molecule has 2 amide bonds. The van der Waals surface area contributed by atoms with Crippen molar-refractivity contribution in [3.63, 3.8) is 0 Å². The highest BCUT2D eigenvalue weighted by Crippen LogP contribution is 2.25. The summed E-state index contributed by atoms with van der Waals surface area (Å²) in [6.45, 7) is 0.701. The summed E-state index contributed by atoms with van der Waals surface area (Å²) in [7, 11) is 1.59. The van der Waals surface area contributed by atoms with E-state index < -0.39 is 0 Å². The molecule has 0 spiro atoms. The molecule has 0 aromatic heterocycles. The third kappa shape index (κ3) is 1.78. The van der Waals surface area contributed by atoms with Crippen LogP contribution in [0.1, 0.15) is 23.2 Å². The second-order valence-corrected chi connectivity index (χ2v) is 3.75. The highest BCUT2D eigenvalue weighted by atomic mass is 16.2. The number of anilines is 1. The molecule has 4 nitrogen and oxygen atoms in total. The molecule has 1 aliphatic heterocycles. The molecule has 1 heterocycles. The summed E-state index contributed by atoms with van der Waals surface area (Å²) < 4.78 is 0. The Kier molecular flexibility index (Phi) is 2.90. The Hall–Kier alpha value is -1.84. The first-order valence-corrected chi connectivity index (χ1v) is 5.35. The van der Waals surface area contributed by atoms with E-state index in [9.17, 15) is 9.59 Å². The van der Waals surface area contributed by atoms with Gasteiger partial charge in [-0.3, -0.25) is 9.59 Å². The first-order valence-electron chi connectivity index (χ1n) is 5.35. The van der Waals surface area contributed by atoms with Gasteiger partial charge in [-0.1, -0.05) is 12.1 Å². The second-order valence-electron chi connectivity index (χ2n) is 3.75. The molecule has 0 bridgehead atoms. The molecule has 1 N–H and O–H groups in total. The van der Waals surface area contributed by atoms with E-state index in [1.54, 1.807) is 24.1 Å². The van der Waals surface area contributed by atoms with Crippen molar-refractivity contribution in [2.24, 2.45) is 0 Å². The Morgan fingerprint density at radius 2 is 2.12 bits per heavy atom. The Morgan fingerprint density at radius 1 is 1.38 bits per heavy atom. The molecule has 4 heteroatoms. The van der Waals surface area contributed by atoms with E-state index in [4.69, 9.17) is 0 Å². The number of hydrogen-bond donors (Lipinski definition) is 1. The van der Waals surface area contributed by atoms with Gasteiger partial charge in [0, 0.05) is 20.0 Å². The van der Waals surface area contributed by atoms with E-state index in [1.807, 2.05) is 12.1 Å². The molecule has 0 saturated carbocycles. The maximum Gasteiger partial charge on any atom is 0.253 e. The van der Waals surface area contributed by atoms with Gasteiger partial charge in [0.15, 0.2) is 0 Å². The Morgan fingerprint density at radius 3 is 2.75 bits per heavy atom. The lowest BCUT2D eigenvalue weighted by atomic mass is 10.1. The van der Waals surface area contributed by atoms with Crippen LogP contribution in [0, 0.1) is 0 Å². The maximum absolute atomic E-state index is 11.6. The molecule has 0 aliphatic carbocycles. The molecule has 0 unspecified atom stereocenters. The highest BCUT2D eigenvalue weighted by Gasteiger charge is 2.24. The van der Waals surface area contributed by atoms with Crippen LogP contribution in [0.5, 0.6) is 0 Å². The average molecular weight is 218 g/mol. The van der Waals surface area contributed by atoms with Crippen LogP contribution in [-0.4, -0.2) is 25.4 Å². The molecule has 1 aliphatic rings. The molecule has 84 valence electrons. The van der Waals surface area contributed by atoms with Crippen molar-refractivity contribution in [1.29, 1.82) is 0 Å². The van der Waals surface area contributed by atoms with Gasteiger partial charge in [0.2, 0.25) is 5.91 Å². The number of rotatable bonds is 2. The first kappa shape index (κ1) is 10.7. The summed E-state index contributed by atoms with van der Waals surface area (Å²) in [5.41, 5.74) is 1.27. The molecular formula is C12H14N2O2. The summed E-state index contributed by atoms with van der Waals surface area (Å²) in [4.78, 5) is 25.0. The number of nitrogens with one attached hydrogen (secondary N) is 1. The largest absolute Gasteiger partial charge is 0.355 e. The number of hydrogen-bond acceptors (Lipinski definition) is 2.